The zero-order chi connectivity index (χ0) is 9.97. The second kappa shape index (κ2) is 3.67. The number of hydrogen-bond acceptors (Lipinski definition) is 4. The molecule has 4 heteroatoms. The van der Waals surface area contributed by atoms with Crippen LogP contribution in [0.4, 0.5) is 0 Å². The van der Waals surface area contributed by atoms with Crippen LogP contribution in [0.3, 0.4) is 0 Å². The number of aryl methyl sites for hydroxylation is 1. The fraction of sp³-hybridized carbons (Fsp3) is 0.300. The molecule has 0 aliphatic rings. The average molecular weight is 193 g/mol. The van der Waals surface area contributed by atoms with Gasteiger partial charge in [-0.2, -0.15) is 0 Å². The normalized spacial score (nSPS) is 13.0. The van der Waals surface area contributed by atoms with Gasteiger partial charge in [-0.3, -0.25) is 0 Å². The maximum absolute atomic E-state index is 9.26. The van der Waals surface area contributed by atoms with E-state index in [1.165, 1.54) is 6.39 Å². The van der Waals surface area contributed by atoms with E-state index in [9.17, 15) is 5.11 Å². The summed E-state index contributed by atoms with van der Waals surface area (Å²) in [6, 6.07) is 1.81. The van der Waals surface area contributed by atoms with Crippen molar-refractivity contribution in [3.8, 4) is 0 Å². The SMILES string of the molecule is Cc1ncoc1C(CO)c1ccoc1. The van der Waals surface area contributed by atoms with Crippen LogP contribution in [0.1, 0.15) is 22.9 Å². The number of aromatic nitrogens is 1. The highest BCUT2D eigenvalue weighted by molar-refractivity contribution is 5.25. The molecule has 2 aromatic rings. The van der Waals surface area contributed by atoms with Gasteiger partial charge in [0.05, 0.1) is 30.7 Å². The van der Waals surface area contributed by atoms with E-state index in [0.717, 1.165) is 11.3 Å². The first-order valence-electron chi connectivity index (χ1n) is 4.36. The molecule has 0 saturated heterocycles. The Morgan fingerprint density at radius 3 is 2.93 bits per heavy atom. The molecule has 74 valence electrons. The number of nitrogens with zero attached hydrogens (tertiary/aromatic N) is 1. The molecule has 0 fully saturated rings. The Bertz CT molecular complexity index is 391. The average Bonchev–Trinajstić information content (AvgIpc) is 2.80. The number of oxazole rings is 1. The largest absolute Gasteiger partial charge is 0.472 e. The van der Waals surface area contributed by atoms with Crippen molar-refractivity contribution in [2.24, 2.45) is 0 Å². The van der Waals surface area contributed by atoms with Gasteiger partial charge in [0.25, 0.3) is 0 Å². The standard InChI is InChI=1S/C10H11NO3/c1-7-10(14-6-11-7)9(4-12)8-2-3-13-5-8/h2-3,5-6,9,12H,4H2,1H3. The molecule has 2 aromatic heterocycles. The Morgan fingerprint density at radius 1 is 1.57 bits per heavy atom. The molecule has 0 spiro atoms. The predicted octanol–water partition coefficient (Wildman–Crippen LogP) is 1.70. The molecular formula is C10H11NO3. The van der Waals surface area contributed by atoms with E-state index in [4.69, 9.17) is 8.83 Å². The summed E-state index contributed by atoms with van der Waals surface area (Å²) in [6.07, 6.45) is 4.56. The topological polar surface area (TPSA) is 59.4 Å². The number of aliphatic hydroxyl groups is 1. The summed E-state index contributed by atoms with van der Waals surface area (Å²) in [7, 11) is 0. The molecule has 0 aliphatic carbocycles. The van der Waals surface area contributed by atoms with Gasteiger partial charge in [0, 0.05) is 5.56 Å². The highest BCUT2D eigenvalue weighted by Crippen LogP contribution is 2.26. The van der Waals surface area contributed by atoms with E-state index >= 15 is 0 Å². The molecule has 2 rings (SSSR count). The number of hydrogen-bond donors (Lipinski definition) is 1. The molecule has 2 heterocycles. The van der Waals surface area contributed by atoms with Crippen LogP contribution in [0.5, 0.6) is 0 Å². The third kappa shape index (κ3) is 1.44. The Hall–Kier alpha value is -1.55. The molecular weight excluding hydrogens is 182 g/mol. The maximum Gasteiger partial charge on any atom is 0.181 e. The molecule has 0 aliphatic heterocycles. The summed E-state index contributed by atoms with van der Waals surface area (Å²) in [5, 5.41) is 9.26. The van der Waals surface area contributed by atoms with Gasteiger partial charge in [-0.25, -0.2) is 4.98 Å². The van der Waals surface area contributed by atoms with Crippen LogP contribution in [-0.2, 0) is 0 Å². The highest BCUT2D eigenvalue weighted by atomic mass is 16.3. The van der Waals surface area contributed by atoms with Crippen LogP contribution in [0.2, 0.25) is 0 Å². The summed E-state index contributed by atoms with van der Waals surface area (Å²) < 4.78 is 10.2. The molecule has 0 radical (unpaired) electrons. The molecule has 1 N–H and O–H groups in total. The first kappa shape index (κ1) is 9.02. The second-order valence-corrected chi connectivity index (χ2v) is 3.09. The van der Waals surface area contributed by atoms with Crippen molar-refractivity contribution in [3.05, 3.63) is 42.0 Å². The van der Waals surface area contributed by atoms with Gasteiger partial charge in [-0.15, -0.1) is 0 Å². The van der Waals surface area contributed by atoms with E-state index in [0.29, 0.717) is 5.76 Å². The van der Waals surface area contributed by atoms with E-state index in [-0.39, 0.29) is 12.5 Å². The molecule has 0 saturated carbocycles. The van der Waals surface area contributed by atoms with Crippen molar-refractivity contribution in [3.63, 3.8) is 0 Å². The zero-order valence-electron chi connectivity index (χ0n) is 7.80. The van der Waals surface area contributed by atoms with Gasteiger partial charge >= 0.3 is 0 Å². The summed E-state index contributed by atoms with van der Waals surface area (Å²) in [4.78, 5) is 3.99. The van der Waals surface area contributed by atoms with Gasteiger partial charge in [0.2, 0.25) is 0 Å². The van der Waals surface area contributed by atoms with Crippen molar-refractivity contribution in [1.29, 1.82) is 0 Å². The molecule has 4 nitrogen and oxygen atoms in total. The van der Waals surface area contributed by atoms with Gasteiger partial charge in [-0.05, 0) is 13.0 Å². The number of rotatable bonds is 3. The monoisotopic (exact) mass is 193 g/mol. The third-order valence-electron chi connectivity index (χ3n) is 2.23. The van der Waals surface area contributed by atoms with Crippen LogP contribution < -0.4 is 0 Å². The van der Waals surface area contributed by atoms with Crippen molar-refractivity contribution < 1.29 is 13.9 Å². The van der Waals surface area contributed by atoms with Gasteiger partial charge in [0.15, 0.2) is 6.39 Å². The Kier molecular flexibility index (Phi) is 2.37. The minimum Gasteiger partial charge on any atom is -0.472 e. The van der Waals surface area contributed by atoms with Crippen molar-refractivity contribution >= 4 is 0 Å². The summed E-state index contributed by atoms with van der Waals surface area (Å²) >= 11 is 0. The second-order valence-electron chi connectivity index (χ2n) is 3.09. The summed E-state index contributed by atoms with van der Waals surface area (Å²) in [5.74, 6) is 0.505. The highest BCUT2D eigenvalue weighted by Gasteiger charge is 2.20. The summed E-state index contributed by atoms with van der Waals surface area (Å²) in [5.41, 5.74) is 1.69. The van der Waals surface area contributed by atoms with Crippen LogP contribution in [0.15, 0.2) is 33.8 Å². The first-order chi connectivity index (χ1) is 6.83. The molecule has 1 unspecified atom stereocenters. The first-order valence-corrected chi connectivity index (χ1v) is 4.36. The molecule has 14 heavy (non-hydrogen) atoms. The van der Waals surface area contributed by atoms with Gasteiger partial charge in [-0.1, -0.05) is 0 Å². The Morgan fingerprint density at radius 2 is 2.43 bits per heavy atom. The van der Waals surface area contributed by atoms with Crippen molar-refractivity contribution in [1.82, 2.24) is 4.98 Å². The number of aliphatic hydroxyl groups excluding tert-OH is 1. The summed E-state index contributed by atoms with van der Waals surface area (Å²) in [6.45, 7) is 1.83. The lowest BCUT2D eigenvalue weighted by Gasteiger charge is -2.08. The molecule has 1 atom stereocenters. The minimum atomic E-state index is -0.184. The quantitative estimate of drug-likeness (QED) is 0.805. The van der Waals surface area contributed by atoms with Gasteiger partial charge < -0.3 is 13.9 Å². The van der Waals surface area contributed by atoms with Gasteiger partial charge in [0.1, 0.15) is 5.76 Å². The third-order valence-corrected chi connectivity index (χ3v) is 2.23. The minimum absolute atomic E-state index is 0.0183. The van der Waals surface area contributed by atoms with E-state index in [2.05, 4.69) is 4.98 Å². The Balaban J connectivity index is 2.36. The zero-order valence-corrected chi connectivity index (χ0v) is 7.80. The van der Waals surface area contributed by atoms with Crippen LogP contribution in [0.25, 0.3) is 0 Å². The van der Waals surface area contributed by atoms with Crippen LogP contribution >= 0.6 is 0 Å². The number of furan rings is 1. The predicted molar refractivity (Wildman–Crippen MR) is 48.9 cm³/mol. The fourth-order valence-corrected chi connectivity index (χ4v) is 1.46. The van der Waals surface area contributed by atoms with E-state index in [1.54, 1.807) is 12.5 Å². The lowest BCUT2D eigenvalue weighted by Crippen LogP contribution is -2.05. The van der Waals surface area contributed by atoms with Crippen LogP contribution in [-0.4, -0.2) is 16.7 Å². The van der Waals surface area contributed by atoms with E-state index < -0.39 is 0 Å². The molecule has 0 bridgehead atoms. The fourth-order valence-electron chi connectivity index (χ4n) is 1.46. The van der Waals surface area contributed by atoms with Crippen molar-refractivity contribution in [2.45, 2.75) is 12.8 Å². The van der Waals surface area contributed by atoms with E-state index in [1.807, 2.05) is 13.0 Å². The molecule has 0 aromatic carbocycles. The lowest BCUT2D eigenvalue weighted by atomic mass is 9.99. The molecule has 0 amide bonds. The smallest absolute Gasteiger partial charge is 0.181 e. The Labute approximate surface area is 81.2 Å². The van der Waals surface area contributed by atoms with Crippen molar-refractivity contribution in [2.75, 3.05) is 6.61 Å². The lowest BCUT2D eigenvalue weighted by molar-refractivity contribution is 0.265. The maximum atomic E-state index is 9.26. The van der Waals surface area contributed by atoms with Crippen LogP contribution in [0, 0.1) is 6.92 Å².